The van der Waals surface area contributed by atoms with E-state index in [4.69, 9.17) is 16.1 Å². The second-order valence-electron chi connectivity index (χ2n) is 7.02. The lowest BCUT2D eigenvalue weighted by atomic mass is 10.1. The average Bonchev–Trinajstić information content (AvgIpc) is 3.07. The molecular weight excluding hydrogens is 366 g/mol. The molecule has 0 amide bonds. The predicted octanol–water partition coefficient (Wildman–Crippen LogP) is 1.02. The molecule has 0 bridgehead atoms. The Bertz CT molecular complexity index is 715. The van der Waals surface area contributed by atoms with Crippen molar-refractivity contribution in [1.82, 2.24) is 9.91 Å². The molecule has 152 valence electrons. The quantitative estimate of drug-likeness (QED) is 0.500. The Morgan fingerprint density at radius 3 is 2.30 bits per heavy atom. The molecule has 0 aromatic heterocycles. The van der Waals surface area contributed by atoms with E-state index in [9.17, 15) is 8.42 Å². The first kappa shape index (κ1) is 21.8. The van der Waals surface area contributed by atoms with Crippen molar-refractivity contribution in [3.63, 3.8) is 0 Å². The molecule has 2 heterocycles. The molecule has 0 radical (unpaired) electrons. The third-order valence-electron chi connectivity index (χ3n) is 4.76. The number of nitrogens with zero attached hydrogens (tertiary/aromatic N) is 3. The number of hydrazine groups is 1. The summed E-state index contributed by atoms with van der Waals surface area (Å²) in [5, 5.41) is 1.70. The van der Waals surface area contributed by atoms with E-state index in [0.29, 0.717) is 0 Å². The van der Waals surface area contributed by atoms with Crippen LogP contribution >= 0.6 is 0 Å². The lowest BCUT2D eigenvalue weighted by molar-refractivity contribution is 0.224. The Kier molecular flexibility index (Phi) is 8.18. The molecule has 3 rings (SSSR count). The van der Waals surface area contributed by atoms with E-state index >= 15 is 0 Å². The van der Waals surface area contributed by atoms with Crippen molar-refractivity contribution >= 4 is 16.0 Å². The number of likely N-dealkylation sites (tertiary alicyclic amines) is 1. The Morgan fingerprint density at radius 1 is 1.15 bits per heavy atom. The molecule has 2 aliphatic heterocycles. The van der Waals surface area contributed by atoms with Gasteiger partial charge < -0.3 is 10.6 Å². The fourth-order valence-electron chi connectivity index (χ4n) is 3.15. The highest BCUT2D eigenvalue weighted by Gasteiger charge is 2.21. The normalized spacial score (nSPS) is 19.3. The van der Waals surface area contributed by atoms with Crippen molar-refractivity contribution in [2.75, 3.05) is 32.7 Å². The van der Waals surface area contributed by atoms with Gasteiger partial charge in [0.15, 0.2) is 0 Å². The van der Waals surface area contributed by atoms with Gasteiger partial charge >= 0.3 is 0 Å². The molecule has 9 heteroatoms. The topological polar surface area (TPSA) is 125 Å². The van der Waals surface area contributed by atoms with Crippen LogP contribution in [0.3, 0.4) is 0 Å². The van der Waals surface area contributed by atoms with Gasteiger partial charge in [0.25, 0.3) is 10.1 Å². The number of benzene rings is 1. The Morgan fingerprint density at radius 2 is 1.78 bits per heavy atom. The van der Waals surface area contributed by atoms with Crippen LogP contribution in [0.15, 0.2) is 34.2 Å². The summed E-state index contributed by atoms with van der Waals surface area (Å²) >= 11 is 0. The molecule has 2 aliphatic rings. The molecular formula is C18H31N5O3S. The van der Waals surface area contributed by atoms with Crippen LogP contribution in [0.4, 0.5) is 0 Å². The lowest BCUT2D eigenvalue weighted by Crippen LogP contribution is -2.46. The highest BCUT2D eigenvalue weighted by atomic mass is 32.2. The van der Waals surface area contributed by atoms with Crippen LogP contribution in [0, 0.1) is 6.92 Å². The van der Waals surface area contributed by atoms with E-state index in [1.165, 1.54) is 44.5 Å². The number of piperidine rings is 1. The van der Waals surface area contributed by atoms with Gasteiger partial charge in [0.1, 0.15) is 5.84 Å². The van der Waals surface area contributed by atoms with E-state index in [-0.39, 0.29) is 10.9 Å². The van der Waals surface area contributed by atoms with Crippen molar-refractivity contribution in [1.29, 1.82) is 0 Å². The summed E-state index contributed by atoms with van der Waals surface area (Å²) in [5.41, 5.74) is 7.06. The summed E-state index contributed by atoms with van der Waals surface area (Å²) in [6.45, 7) is 6.98. The fraction of sp³-hybridized carbons (Fsp3) is 0.611. The zero-order valence-corrected chi connectivity index (χ0v) is 16.7. The van der Waals surface area contributed by atoms with Gasteiger partial charge in [-0.1, -0.05) is 24.1 Å². The first-order chi connectivity index (χ1) is 12.8. The summed E-state index contributed by atoms with van der Waals surface area (Å²) < 4.78 is 29.6. The molecule has 0 aliphatic carbocycles. The third-order valence-corrected chi connectivity index (χ3v) is 5.63. The first-order valence-corrected chi connectivity index (χ1v) is 10.8. The molecule has 27 heavy (non-hydrogen) atoms. The van der Waals surface area contributed by atoms with Crippen molar-refractivity contribution in [3.05, 3.63) is 29.8 Å². The van der Waals surface area contributed by atoms with Crippen LogP contribution < -0.4 is 11.6 Å². The zero-order chi connectivity index (χ0) is 19.9. The van der Waals surface area contributed by atoms with Gasteiger partial charge in [-0.2, -0.15) is 8.42 Å². The number of hydrogen-bond acceptors (Lipinski definition) is 7. The number of aryl methyl sites for hydroxylation is 1. The third kappa shape index (κ3) is 7.19. The van der Waals surface area contributed by atoms with Crippen LogP contribution in [0.5, 0.6) is 0 Å². The maximum atomic E-state index is 10.5. The number of hydrogen-bond donors (Lipinski definition) is 3. The molecule has 1 atom stereocenters. The second kappa shape index (κ2) is 10.1. The van der Waals surface area contributed by atoms with Crippen LogP contribution in [0.25, 0.3) is 0 Å². The predicted molar refractivity (Wildman–Crippen MR) is 107 cm³/mol. The van der Waals surface area contributed by atoms with Crippen LogP contribution in [0.2, 0.25) is 0 Å². The van der Waals surface area contributed by atoms with Gasteiger partial charge in [0, 0.05) is 6.54 Å². The highest BCUT2D eigenvalue weighted by Crippen LogP contribution is 2.10. The monoisotopic (exact) mass is 397 g/mol. The first-order valence-electron chi connectivity index (χ1n) is 9.36. The molecule has 8 nitrogen and oxygen atoms in total. The summed E-state index contributed by atoms with van der Waals surface area (Å²) in [7, 11) is -4.02. The summed E-state index contributed by atoms with van der Waals surface area (Å²) in [6, 6.07) is 6.00. The molecule has 0 saturated carbocycles. The van der Waals surface area contributed by atoms with Gasteiger partial charge in [0.05, 0.1) is 24.0 Å². The van der Waals surface area contributed by atoms with Crippen LogP contribution in [-0.2, 0) is 10.1 Å². The molecule has 1 aromatic rings. The van der Waals surface area contributed by atoms with E-state index in [1.807, 2.05) is 6.92 Å². The minimum atomic E-state index is -4.02. The van der Waals surface area contributed by atoms with Crippen LogP contribution in [0.1, 0.15) is 31.2 Å². The Balaban J connectivity index is 0.000000208. The molecule has 5 N–H and O–H groups in total. The fourth-order valence-corrected chi connectivity index (χ4v) is 3.63. The minimum absolute atomic E-state index is 0.00873. The van der Waals surface area contributed by atoms with Gasteiger partial charge in [0.2, 0.25) is 0 Å². The summed E-state index contributed by atoms with van der Waals surface area (Å²) in [6.07, 6.45) is 5.01. The SMILES string of the molecule is Cc1ccc(S(=O)(=O)O)cc1.NC(CCN1CCCCC1)C1=NCCN1N. The van der Waals surface area contributed by atoms with E-state index in [0.717, 1.165) is 37.5 Å². The number of amidine groups is 1. The van der Waals surface area contributed by atoms with Gasteiger partial charge in [-0.15, -0.1) is 0 Å². The Labute approximate surface area is 161 Å². The van der Waals surface area contributed by atoms with Gasteiger partial charge in [-0.3, -0.25) is 14.6 Å². The van der Waals surface area contributed by atoms with E-state index < -0.39 is 10.1 Å². The largest absolute Gasteiger partial charge is 0.321 e. The maximum absolute atomic E-state index is 10.5. The Hall–Kier alpha value is -1.52. The van der Waals surface area contributed by atoms with Crippen molar-refractivity contribution in [2.45, 2.75) is 43.5 Å². The van der Waals surface area contributed by atoms with Gasteiger partial charge in [-0.25, -0.2) is 5.84 Å². The summed E-state index contributed by atoms with van der Waals surface area (Å²) in [4.78, 5) is 6.79. The average molecular weight is 398 g/mol. The van der Waals surface area contributed by atoms with Gasteiger partial charge in [-0.05, 0) is 51.4 Å². The minimum Gasteiger partial charge on any atom is -0.321 e. The lowest BCUT2D eigenvalue weighted by Gasteiger charge is -2.28. The summed E-state index contributed by atoms with van der Waals surface area (Å²) in [5.74, 6) is 6.68. The molecule has 1 saturated heterocycles. The molecule has 1 aromatic carbocycles. The van der Waals surface area contributed by atoms with Crippen molar-refractivity contribution in [2.24, 2.45) is 16.6 Å². The van der Waals surface area contributed by atoms with Crippen molar-refractivity contribution < 1.29 is 13.0 Å². The molecule has 1 unspecified atom stereocenters. The maximum Gasteiger partial charge on any atom is 0.294 e. The molecule has 0 spiro atoms. The van der Waals surface area contributed by atoms with Crippen LogP contribution in [-0.4, -0.2) is 67.5 Å². The highest BCUT2D eigenvalue weighted by molar-refractivity contribution is 7.85. The number of nitrogens with two attached hydrogens (primary N) is 2. The number of rotatable bonds is 5. The smallest absolute Gasteiger partial charge is 0.294 e. The zero-order valence-electron chi connectivity index (χ0n) is 15.9. The van der Waals surface area contributed by atoms with E-state index in [1.54, 1.807) is 17.1 Å². The number of aliphatic imine (C=N–C) groups is 1. The van der Waals surface area contributed by atoms with Crippen molar-refractivity contribution in [3.8, 4) is 0 Å². The molecule has 1 fully saturated rings. The standard InChI is InChI=1S/C11H23N5.C7H8O3S/c12-10(11-14-5-9-16(11)13)4-8-15-6-2-1-3-7-15;1-6-2-4-7(5-3-6)11(8,9)10/h10H,1-9,12-13H2;2-5H,1H3,(H,8,9,10). The second-order valence-corrected chi connectivity index (χ2v) is 8.44. The van der Waals surface area contributed by atoms with E-state index in [2.05, 4.69) is 9.89 Å².